The molecular formula is C21H24N2O3. The Bertz CT molecular complexity index is 899. The molecule has 0 aliphatic rings. The number of hydrogen-bond donors (Lipinski definition) is 1. The minimum absolute atomic E-state index is 0.113. The third-order valence-electron chi connectivity index (χ3n) is 4.01. The van der Waals surface area contributed by atoms with Crippen LogP contribution >= 0.6 is 0 Å². The van der Waals surface area contributed by atoms with Crippen LogP contribution in [0.2, 0.25) is 0 Å². The van der Waals surface area contributed by atoms with Crippen LogP contribution < -0.4 is 5.32 Å². The summed E-state index contributed by atoms with van der Waals surface area (Å²) in [6, 6.07) is 13.2. The average molecular weight is 352 g/mol. The molecule has 0 aliphatic heterocycles. The van der Waals surface area contributed by atoms with Crippen molar-refractivity contribution in [2.24, 2.45) is 0 Å². The molecule has 0 fully saturated rings. The molecule has 5 nitrogen and oxygen atoms in total. The molecule has 0 saturated carbocycles. The summed E-state index contributed by atoms with van der Waals surface area (Å²) in [7, 11) is 0. The van der Waals surface area contributed by atoms with Crippen LogP contribution in [0.4, 0.5) is 0 Å². The maximum absolute atomic E-state index is 12.7. The van der Waals surface area contributed by atoms with E-state index in [9.17, 15) is 4.79 Å². The van der Waals surface area contributed by atoms with E-state index in [0.717, 1.165) is 23.1 Å². The van der Waals surface area contributed by atoms with Crippen LogP contribution in [-0.2, 0) is 4.74 Å². The van der Waals surface area contributed by atoms with Crippen molar-refractivity contribution in [3.05, 3.63) is 53.8 Å². The molecule has 0 radical (unpaired) electrons. The number of nitrogens with one attached hydrogen (secondary N) is 1. The molecule has 0 spiro atoms. The molecule has 0 atom stereocenters. The Hall–Kier alpha value is -2.66. The van der Waals surface area contributed by atoms with Crippen molar-refractivity contribution in [3.8, 4) is 11.5 Å². The second-order valence-electron chi connectivity index (χ2n) is 6.51. The Morgan fingerprint density at radius 1 is 1.23 bits per heavy atom. The summed E-state index contributed by atoms with van der Waals surface area (Å²) in [6.45, 7) is 7.08. The summed E-state index contributed by atoms with van der Waals surface area (Å²) < 4.78 is 11.2. The molecule has 1 amide bonds. The number of aryl methyl sites for hydroxylation is 1. The maximum atomic E-state index is 12.7. The summed E-state index contributed by atoms with van der Waals surface area (Å²) >= 11 is 0. The third kappa shape index (κ3) is 4.29. The van der Waals surface area contributed by atoms with Crippen molar-refractivity contribution < 1.29 is 13.9 Å². The fourth-order valence-corrected chi connectivity index (χ4v) is 2.75. The zero-order valence-electron chi connectivity index (χ0n) is 15.4. The lowest BCUT2D eigenvalue weighted by atomic mass is 10.1. The number of nitrogens with zero attached hydrogens (tertiary/aromatic N) is 1. The molecule has 5 heteroatoms. The van der Waals surface area contributed by atoms with Gasteiger partial charge in [0.15, 0.2) is 5.76 Å². The molecule has 3 rings (SSSR count). The second-order valence-corrected chi connectivity index (χ2v) is 6.51. The number of fused-ring (bicyclic) bond motifs is 1. The van der Waals surface area contributed by atoms with Gasteiger partial charge in [0.2, 0.25) is 0 Å². The van der Waals surface area contributed by atoms with Crippen LogP contribution in [0.25, 0.3) is 22.4 Å². The van der Waals surface area contributed by atoms with Crippen LogP contribution in [-0.4, -0.2) is 30.1 Å². The Morgan fingerprint density at radius 3 is 2.77 bits per heavy atom. The second kappa shape index (κ2) is 8.15. The number of amides is 1. The zero-order chi connectivity index (χ0) is 18.5. The smallest absolute Gasteiger partial charge is 0.252 e. The molecule has 1 aromatic carbocycles. The van der Waals surface area contributed by atoms with E-state index >= 15 is 0 Å². The lowest BCUT2D eigenvalue weighted by Crippen LogP contribution is -2.26. The molecule has 26 heavy (non-hydrogen) atoms. The van der Waals surface area contributed by atoms with Gasteiger partial charge in [-0.2, -0.15) is 0 Å². The number of ether oxygens (including phenoxy) is 1. The first-order valence-electron chi connectivity index (χ1n) is 8.91. The Labute approximate surface area is 153 Å². The molecule has 0 saturated heterocycles. The average Bonchev–Trinajstić information content (AvgIpc) is 3.06. The molecule has 0 bridgehead atoms. The van der Waals surface area contributed by atoms with E-state index in [0.29, 0.717) is 30.2 Å². The van der Waals surface area contributed by atoms with E-state index in [1.807, 2.05) is 57.2 Å². The van der Waals surface area contributed by atoms with E-state index < -0.39 is 0 Å². The van der Waals surface area contributed by atoms with Crippen molar-refractivity contribution in [1.29, 1.82) is 0 Å². The van der Waals surface area contributed by atoms with Gasteiger partial charge >= 0.3 is 0 Å². The van der Waals surface area contributed by atoms with Gasteiger partial charge in [-0.1, -0.05) is 18.2 Å². The minimum Gasteiger partial charge on any atom is -0.460 e. The Balaban J connectivity index is 1.83. The fraction of sp³-hybridized carbons (Fsp3) is 0.333. The Morgan fingerprint density at radius 2 is 2.04 bits per heavy atom. The highest BCUT2D eigenvalue weighted by Gasteiger charge is 2.15. The summed E-state index contributed by atoms with van der Waals surface area (Å²) in [6.07, 6.45) is 0.978. The Kier molecular flexibility index (Phi) is 5.68. The number of aromatic nitrogens is 1. The lowest BCUT2D eigenvalue weighted by Gasteiger charge is -2.11. The van der Waals surface area contributed by atoms with Gasteiger partial charge in [-0.25, -0.2) is 4.98 Å². The highest BCUT2D eigenvalue weighted by molar-refractivity contribution is 6.07. The van der Waals surface area contributed by atoms with Gasteiger partial charge in [-0.3, -0.25) is 4.79 Å². The van der Waals surface area contributed by atoms with Gasteiger partial charge in [-0.15, -0.1) is 0 Å². The monoisotopic (exact) mass is 352 g/mol. The molecule has 0 unspecified atom stereocenters. The number of benzene rings is 1. The van der Waals surface area contributed by atoms with E-state index in [1.54, 1.807) is 6.07 Å². The van der Waals surface area contributed by atoms with Gasteiger partial charge in [0.1, 0.15) is 11.5 Å². The summed E-state index contributed by atoms with van der Waals surface area (Å²) in [4.78, 5) is 17.4. The number of pyridine rings is 1. The van der Waals surface area contributed by atoms with Gasteiger partial charge in [0, 0.05) is 18.5 Å². The molecule has 136 valence electrons. The van der Waals surface area contributed by atoms with E-state index in [4.69, 9.17) is 9.15 Å². The number of rotatable bonds is 7. The fourth-order valence-electron chi connectivity index (χ4n) is 2.75. The molecule has 2 heterocycles. The van der Waals surface area contributed by atoms with Crippen LogP contribution in [0.1, 0.15) is 36.4 Å². The van der Waals surface area contributed by atoms with Crippen LogP contribution in [0.3, 0.4) is 0 Å². The van der Waals surface area contributed by atoms with Crippen molar-refractivity contribution in [1.82, 2.24) is 10.3 Å². The van der Waals surface area contributed by atoms with Gasteiger partial charge in [0.25, 0.3) is 5.91 Å². The molecule has 3 aromatic rings. The normalized spacial score (nSPS) is 11.2. The third-order valence-corrected chi connectivity index (χ3v) is 4.01. The van der Waals surface area contributed by atoms with Crippen molar-refractivity contribution in [3.63, 3.8) is 0 Å². The predicted molar refractivity (Wildman–Crippen MR) is 102 cm³/mol. The number of hydrogen-bond acceptors (Lipinski definition) is 4. The molecule has 0 aliphatic carbocycles. The highest BCUT2D eigenvalue weighted by atomic mass is 16.5. The van der Waals surface area contributed by atoms with E-state index in [1.165, 1.54) is 0 Å². The minimum atomic E-state index is -0.113. The standard InChI is InChI=1S/C21H24N2O3/c1-14(2)25-12-6-11-22-21(24)17-13-19(20-10-9-15(3)26-20)23-18-8-5-4-7-16(17)18/h4-5,7-10,13-14H,6,11-12H2,1-3H3,(H,22,24). The number of carbonyl (C=O) groups is 1. The van der Waals surface area contributed by atoms with Gasteiger partial charge in [0.05, 0.1) is 17.2 Å². The summed E-state index contributed by atoms with van der Waals surface area (Å²) in [5, 5.41) is 3.80. The quantitative estimate of drug-likeness (QED) is 0.642. The number of furan rings is 1. The first kappa shape index (κ1) is 18.1. The lowest BCUT2D eigenvalue weighted by molar-refractivity contribution is 0.0757. The highest BCUT2D eigenvalue weighted by Crippen LogP contribution is 2.26. The van der Waals surface area contributed by atoms with Crippen LogP contribution in [0, 0.1) is 6.92 Å². The van der Waals surface area contributed by atoms with Crippen molar-refractivity contribution >= 4 is 16.8 Å². The van der Waals surface area contributed by atoms with Crippen LogP contribution in [0.5, 0.6) is 0 Å². The predicted octanol–water partition coefficient (Wildman–Crippen LogP) is 4.35. The van der Waals surface area contributed by atoms with Gasteiger partial charge in [-0.05, 0) is 51.5 Å². The molecule has 1 N–H and O–H groups in total. The van der Waals surface area contributed by atoms with Crippen molar-refractivity contribution in [2.45, 2.75) is 33.3 Å². The molecule has 2 aromatic heterocycles. The first-order chi connectivity index (χ1) is 12.5. The summed E-state index contributed by atoms with van der Waals surface area (Å²) in [5.74, 6) is 1.36. The molecular weight excluding hydrogens is 328 g/mol. The topological polar surface area (TPSA) is 64.4 Å². The number of carbonyl (C=O) groups excluding carboxylic acids is 1. The van der Waals surface area contributed by atoms with E-state index in [2.05, 4.69) is 10.3 Å². The van der Waals surface area contributed by atoms with E-state index in [-0.39, 0.29) is 12.0 Å². The zero-order valence-corrected chi connectivity index (χ0v) is 15.4. The number of para-hydroxylation sites is 1. The van der Waals surface area contributed by atoms with Crippen LogP contribution in [0.15, 0.2) is 46.9 Å². The maximum Gasteiger partial charge on any atom is 0.252 e. The first-order valence-corrected chi connectivity index (χ1v) is 8.91. The largest absolute Gasteiger partial charge is 0.460 e. The SMILES string of the molecule is Cc1ccc(-c2cc(C(=O)NCCCOC(C)C)c3ccccc3n2)o1. The summed E-state index contributed by atoms with van der Waals surface area (Å²) in [5.41, 5.74) is 2.03. The van der Waals surface area contributed by atoms with Gasteiger partial charge < -0.3 is 14.5 Å². The van der Waals surface area contributed by atoms with Crippen molar-refractivity contribution in [2.75, 3.05) is 13.2 Å².